The molecule has 114 valence electrons. The second-order valence-electron chi connectivity index (χ2n) is 6.55. The highest BCUT2D eigenvalue weighted by molar-refractivity contribution is 5.96. The fourth-order valence-electron chi connectivity index (χ4n) is 3.95. The fraction of sp³-hybridized carbons (Fsp3) is 0.588. The molecule has 4 nitrogen and oxygen atoms in total. The molecule has 4 heteroatoms. The van der Waals surface area contributed by atoms with E-state index in [1.807, 2.05) is 12.1 Å². The number of hydrogen-bond donors (Lipinski definition) is 2. The summed E-state index contributed by atoms with van der Waals surface area (Å²) in [4.78, 5) is 14.1. The number of piperidine rings is 1. The minimum absolute atomic E-state index is 0.0551. The molecule has 1 amide bonds. The van der Waals surface area contributed by atoms with Gasteiger partial charge in [0.1, 0.15) is 0 Å². The van der Waals surface area contributed by atoms with Crippen molar-refractivity contribution < 1.29 is 4.79 Å². The summed E-state index contributed by atoms with van der Waals surface area (Å²) in [7, 11) is 1.66. The summed E-state index contributed by atoms with van der Waals surface area (Å²) in [5, 5.41) is 2.67. The van der Waals surface area contributed by atoms with Crippen molar-refractivity contribution in [3.05, 3.63) is 23.8 Å². The monoisotopic (exact) mass is 287 g/mol. The van der Waals surface area contributed by atoms with E-state index in [9.17, 15) is 4.79 Å². The van der Waals surface area contributed by atoms with E-state index in [-0.39, 0.29) is 5.91 Å². The number of rotatable bonds is 2. The van der Waals surface area contributed by atoms with Gasteiger partial charge in [-0.25, -0.2) is 0 Å². The Hall–Kier alpha value is -1.71. The largest absolute Gasteiger partial charge is 0.397 e. The van der Waals surface area contributed by atoms with Crippen molar-refractivity contribution in [2.75, 3.05) is 30.8 Å². The highest BCUT2D eigenvalue weighted by atomic mass is 16.1. The van der Waals surface area contributed by atoms with Crippen molar-refractivity contribution in [2.45, 2.75) is 38.5 Å². The van der Waals surface area contributed by atoms with Crippen molar-refractivity contribution in [1.82, 2.24) is 5.32 Å². The molecule has 0 unspecified atom stereocenters. The topological polar surface area (TPSA) is 58.4 Å². The molecule has 3 N–H and O–H groups in total. The Morgan fingerprint density at radius 1 is 1.19 bits per heavy atom. The predicted octanol–water partition coefficient (Wildman–Crippen LogP) is 2.79. The average molecular weight is 287 g/mol. The van der Waals surface area contributed by atoms with E-state index < -0.39 is 0 Å². The molecule has 1 aromatic carbocycles. The summed E-state index contributed by atoms with van der Waals surface area (Å²) in [5.41, 5.74) is 9.20. The maximum absolute atomic E-state index is 11.8. The summed E-state index contributed by atoms with van der Waals surface area (Å²) in [6.45, 7) is 2.11. The van der Waals surface area contributed by atoms with Crippen LogP contribution in [0.25, 0.3) is 0 Å². The zero-order chi connectivity index (χ0) is 14.9. The summed E-state index contributed by atoms with van der Waals surface area (Å²) >= 11 is 0. The van der Waals surface area contributed by atoms with Gasteiger partial charge in [0.25, 0.3) is 5.91 Å². The first-order valence-corrected chi connectivity index (χ1v) is 8.00. The molecule has 0 aromatic heterocycles. The predicted molar refractivity (Wildman–Crippen MR) is 86.6 cm³/mol. The van der Waals surface area contributed by atoms with Crippen LogP contribution in [0.5, 0.6) is 0 Å². The van der Waals surface area contributed by atoms with Crippen molar-refractivity contribution in [3.63, 3.8) is 0 Å². The molecule has 1 saturated carbocycles. The van der Waals surface area contributed by atoms with E-state index in [1.165, 1.54) is 38.5 Å². The van der Waals surface area contributed by atoms with Crippen LogP contribution in [0.1, 0.15) is 48.9 Å². The number of amides is 1. The van der Waals surface area contributed by atoms with Crippen molar-refractivity contribution >= 4 is 17.3 Å². The zero-order valence-corrected chi connectivity index (χ0v) is 12.8. The van der Waals surface area contributed by atoms with Gasteiger partial charge < -0.3 is 16.0 Å². The Kier molecular flexibility index (Phi) is 3.79. The smallest absolute Gasteiger partial charge is 0.251 e. The van der Waals surface area contributed by atoms with Crippen LogP contribution >= 0.6 is 0 Å². The highest BCUT2D eigenvalue weighted by Gasteiger charge is 2.37. The first kappa shape index (κ1) is 14.2. The average Bonchev–Trinajstić information content (AvgIpc) is 2.96. The van der Waals surface area contributed by atoms with Gasteiger partial charge in [-0.3, -0.25) is 4.79 Å². The number of benzene rings is 1. The Morgan fingerprint density at radius 3 is 2.48 bits per heavy atom. The van der Waals surface area contributed by atoms with Gasteiger partial charge in [-0.15, -0.1) is 0 Å². The van der Waals surface area contributed by atoms with Crippen LogP contribution in [-0.2, 0) is 0 Å². The molecule has 21 heavy (non-hydrogen) atoms. The van der Waals surface area contributed by atoms with Crippen LogP contribution in [0.15, 0.2) is 18.2 Å². The molecule has 3 rings (SSSR count). The van der Waals surface area contributed by atoms with Gasteiger partial charge in [0.15, 0.2) is 0 Å². The van der Waals surface area contributed by atoms with E-state index in [1.54, 1.807) is 13.1 Å². The molecule has 0 bridgehead atoms. The first-order valence-electron chi connectivity index (χ1n) is 8.00. The second-order valence-corrected chi connectivity index (χ2v) is 6.55. The number of carbonyl (C=O) groups excluding carboxylic acids is 1. The van der Waals surface area contributed by atoms with E-state index in [2.05, 4.69) is 10.2 Å². The SMILES string of the molecule is CNC(=O)c1ccc(N)c(N2CCC3(CCCC3)CC2)c1. The number of nitrogens with two attached hydrogens (primary N) is 1. The van der Waals surface area contributed by atoms with Crippen molar-refractivity contribution in [2.24, 2.45) is 5.41 Å². The molecule has 0 atom stereocenters. The standard InChI is InChI=1S/C17H25N3O/c1-19-16(21)13-4-5-14(18)15(12-13)20-10-8-17(9-11-20)6-2-3-7-17/h4-5,12H,2-3,6-11,18H2,1H3,(H,19,21). The van der Waals surface area contributed by atoms with Gasteiger partial charge >= 0.3 is 0 Å². The third-order valence-electron chi connectivity index (χ3n) is 5.35. The van der Waals surface area contributed by atoms with E-state index in [0.717, 1.165) is 24.5 Å². The van der Waals surface area contributed by atoms with Crippen molar-refractivity contribution in [3.8, 4) is 0 Å². The Balaban J connectivity index is 1.76. The number of nitrogens with one attached hydrogen (secondary N) is 1. The van der Waals surface area contributed by atoms with Crippen LogP contribution in [0.2, 0.25) is 0 Å². The summed E-state index contributed by atoms with van der Waals surface area (Å²) in [5.74, 6) is -0.0551. The van der Waals surface area contributed by atoms with E-state index >= 15 is 0 Å². The molecular weight excluding hydrogens is 262 g/mol. The first-order chi connectivity index (χ1) is 10.1. The molecule has 1 heterocycles. The molecule has 1 aliphatic heterocycles. The molecule has 1 aliphatic carbocycles. The Labute approximate surface area is 126 Å². The van der Waals surface area contributed by atoms with E-state index in [4.69, 9.17) is 5.73 Å². The number of nitrogens with zero attached hydrogens (tertiary/aromatic N) is 1. The lowest BCUT2D eigenvalue weighted by molar-refractivity contribution is 0.0963. The number of anilines is 2. The van der Waals surface area contributed by atoms with E-state index in [0.29, 0.717) is 11.0 Å². The van der Waals surface area contributed by atoms with Crippen LogP contribution in [0, 0.1) is 5.41 Å². The van der Waals surface area contributed by atoms with Gasteiger partial charge in [-0.2, -0.15) is 0 Å². The number of hydrogen-bond acceptors (Lipinski definition) is 3. The number of nitrogen functional groups attached to an aromatic ring is 1. The maximum atomic E-state index is 11.8. The van der Waals surface area contributed by atoms with Crippen molar-refractivity contribution in [1.29, 1.82) is 0 Å². The van der Waals surface area contributed by atoms with Crippen LogP contribution in [-0.4, -0.2) is 26.0 Å². The summed E-state index contributed by atoms with van der Waals surface area (Å²) in [6.07, 6.45) is 8.11. The third kappa shape index (κ3) is 2.71. The maximum Gasteiger partial charge on any atom is 0.251 e. The third-order valence-corrected chi connectivity index (χ3v) is 5.35. The lowest BCUT2D eigenvalue weighted by Crippen LogP contribution is -2.39. The lowest BCUT2D eigenvalue weighted by Gasteiger charge is -2.41. The highest BCUT2D eigenvalue weighted by Crippen LogP contribution is 2.47. The quantitative estimate of drug-likeness (QED) is 0.822. The van der Waals surface area contributed by atoms with Gasteiger partial charge in [-0.1, -0.05) is 12.8 Å². The van der Waals surface area contributed by atoms with Crippen LogP contribution in [0.4, 0.5) is 11.4 Å². The lowest BCUT2D eigenvalue weighted by atomic mass is 9.77. The fourth-order valence-corrected chi connectivity index (χ4v) is 3.95. The van der Waals surface area contributed by atoms with Gasteiger partial charge in [0, 0.05) is 25.7 Å². The zero-order valence-electron chi connectivity index (χ0n) is 12.8. The van der Waals surface area contributed by atoms with Crippen LogP contribution < -0.4 is 16.0 Å². The molecule has 1 aromatic rings. The number of carbonyl (C=O) groups is 1. The molecule has 0 radical (unpaired) electrons. The molecule has 1 spiro atoms. The van der Waals surface area contributed by atoms with Gasteiger partial charge in [0.05, 0.1) is 11.4 Å². The van der Waals surface area contributed by atoms with Gasteiger partial charge in [-0.05, 0) is 49.3 Å². The Morgan fingerprint density at radius 2 is 1.86 bits per heavy atom. The Bertz CT molecular complexity index is 525. The minimum Gasteiger partial charge on any atom is -0.397 e. The molecule has 1 saturated heterocycles. The summed E-state index contributed by atoms with van der Waals surface area (Å²) < 4.78 is 0. The normalized spacial score (nSPS) is 20.7. The molecular formula is C17H25N3O. The molecule has 2 fully saturated rings. The second kappa shape index (κ2) is 5.58. The molecule has 2 aliphatic rings. The minimum atomic E-state index is -0.0551. The summed E-state index contributed by atoms with van der Waals surface area (Å²) in [6, 6.07) is 5.57. The van der Waals surface area contributed by atoms with Gasteiger partial charge in [0.2, 0.25) is 0 Å². The van der Waals surface area contributed by atoms with Crippen LogP contribution in [0.3, 0.4) is 0 Å².